The normalized spacial score (nSPS) is 12.5. The first-order valence-electron chi connectivity index (χ1n) is 6.85. The van der Waals surface area contributed by atoms with Gasteiger partial charge < -0.3 is 14.6 Å². The topological polar surface area (TPSA) is 68.7 Å². The summed E-state index contributed by atoms with van der Waals surface area (Å²) in [5.74, 6) is 0.587. The average molecular weight is 297 g/mol. The van der Waals surface area contributed by atoms with Crippen LogP contribution >= 0.6 is 0 Å². The van der Waals surface area contributed by atoms with Gasteiger partial charge in [0.25, 0.3) is 0 Å². The average Bonchev–Trinajstić information content (AvgIpc) is 2.96. The lowest BCUT2D eigenvalue weighted by Gasteiger charge is -2.08. The van der Waals surface area contributed by atoms with E-state index in [0.717, 1.165) is 22.6 Å². The molecule has 0 aliphatic heterocycles. The lowest BCUT2D eigenvalue weighted by molar-refractivity contribution is 0.0695. The van der Waals surface area contributed by atoms with E-state index in [9.17, 15) is 9.90 Å². The van der Waals surface area contributed by atoms with Crippen LogP contribution in [0.4, 0.5) is 0 Å². The Morgan fingerprint density at radius 3 is 2.64 bits per heavy atom. The van der Waals surface area contributed by atoms with Crippen LogP contribution in [0.5, 0.6) is 11.5 Å². The number of hydrogen-bond acceptors (Lipinski definition) is 4. The first-order chi connectivity index (χ1) is 10.7. The molecule has 22 heavy (non-hydrogen) atoms. The summed E-state index contributed by atoms with van der Waals surface area (Å²) in [6, 6.07) is 8.86. The summed E-state index contributed by atoms with van der Waals surface area (Å²) in [7, 11) is 1.61. The van der Waals surface area contributed by atoms with Gasteiger partial charge in [-0.1, -0.05) is 0 Å². The second-order valence-electron chi connectivity index (χ2n) is 4.97. The Morgan fingerprint density at radius 2 is 1.95 bits per heavy atom. The fourth-order valence-electron chi connectivity index (χ4n) is 2.43. The van der Waals surface area contributed by atoms with Crippen molar-refractivity contribution in [2.75, 3.05) is 13.7 Å². The van der Waals surface area contributed by atoms with Gasteiger partial charge in [0.1, 0.15) is 18.1 Å². The van der Waals surface area contributed by atoms with Crippen LogP contribution in [0.3, 0.4) is 0 Å². The molecule has 0 unspecified atom stereocenters. The van der Waals surface area contributed by atoms with Crippen LogP contribution < -0.4 is 9.47 Å². The Morgan fingerprint density at radius 1 is 1.23 bits per heavy atom. The third kappa shape index (κ3) is 2.79. The van der Waals surface area contributed by atoms with Crippen LogP contribution in [0, 0.1) is 0 Å². The molecule has 112 valence electrons. The third-order valence-corrected chi connectivity index (χ3v) is 3.55. The maximum atomic E-state index is 11.2. The number of carbonyl (C=O) groups is 1. The maximum Gasteiger partial charge on any atom is 0.336 e. The highest BCUT2D eigenvalue weighted by atomic mass is 16.5. The number of benzene rings is 1. The summed E-state index contributed by atoms with van der Waals surface area (Å²) in [6.45, 7) is 0.405. The summed E-state index contributed by atoms with van der Waals surface area (Å²) >= 11 is 0. The van der Waals surface area contributed by atoms with Gasteiger partial charge in [0, 0.05) is 12.6 Å². The molecule has 1 aliphatic rings. The number of carboxylic acid groups (broad SMARTS) is 1. The summed E-state index contributed by atoms with van der Waals surface area (Å²) in [4.78, 5) is 15.4. The molecule has 5 heteroatoms. The number of rotatable bonds is 5. The molecule has 0 saturated carbocycles. The monoisotopic (exact) mass is 297 g/mol. The quantitative estimate of drug-likeness (QED) is 0.919. The maximum absolute atomic E-state index is 11.2. The van der Waals surface area contributed by atoms with Crippen molar-refractivity contribution in [3.8, 4) is 11.5 Å². The number of hydrogen-bond donors (Lipinski definition) is 1. The summed E-state index contributed by atoms with van der Waals surface area (Å²) in [5.41, 5.74) is 2.78. The molecular formula is C17H15NO4. The van der Waals surface area contributed by atoms with Crippen molar-refractivity contribution in [3.05, 3.63) is 58.9 Å². The lowest BCUT2D eigenvalue weighted by Crippen LogP contribution is -2.05. The van der Waals surface area contributed by atoms with E-state index in [4.69, 9.17) is 9.47 Å². The number of aromatic carboxylic acids is 1. The van der Waals surface area contributed by atoms with E-state index in [1.54, 1.807) is 7.11 Å². The summed E-state index contributed by atoms with van der Waals surface area (Å²) in [5, 5.41) is 9.20. The van der Waals surface area contributed by atoms with Crippen LogP contribution in [-0.2, 0) is 6.42 Å². The van der Waals surface area contributed by atoms with Gasteiger partial charge in [0.05, 0.1) is 18.4 Å². The predicted octanol–water partition coefficient (Wildman–Crippen LogP) is 2.81. The second kappa shape index (κ2) is 5.89. The molecule has 3 rings (SSSR count). The Kier molecular flexibility index (Phi) is 3.78. The van der Waals surface area contributed by atoms with Crippen LogP contribution in [0.2, 0.25) is 0 Å². The van der Waals surface area contributed by atoms with Gasteiger partial charge in [-0.15, -0.1) is 0 Å². The van der Waals surface area contributed by atoms with E-state index in [0.29, 0.717) is 24.3 Å². The van der Waals surface area contributed by atoms with Gasteiger partial charge in [-0.2, -0.15) is 0 Å². The molecule has 1 aliphatic carbocycles. The Labute approximate surface area is 127 Å². The fourth-order valence-corrected chi connectivity index (χ4v) is 2.43. The minimum atomic E-state index is -0.927. The van der Waals surface area contributed by atoms with E-state index >= 15 is 0 Å². The highest BCUT2D eigenvalue weighted by molar-refractivity contribution is 5.91. The molecule has 0 bridgehead atoms. The smallest absolute Gasteiger partial charge is 0.336 e. The molecular weight excluding hydrogens is 282 g/mol. The number of carboxylic acids is 1. The van der Waals surface area contributed by atoms with Crippen molar-refractivity contribution in [3.63, 3.8) is 0 Å². The van der Waals surface area contributed by atoms with Gasteiger partial charge in [0.2, 0.25) is 0 Å². The first kappa shape index (κ1) is 14.1. The fraction of sp³-hybridized carbons (Fsp3) is 0.176. The molecule has 1 aromatic heterocycles. The van der Waals surface area contributed by atoms with Gasteiger partial charge >= 0.3 is 5.97 Å². The van der Waals surface area contributed by atoms with Crippen molar-refractivity contribution >= 4 is 12.0 Å². The van der Waals surface area contributed by atoms with Gasteiger partial charge in [-0.05, 0) is 47.5 Å². The van der Waals surface area contributed by atoms with Crippen molar-refractivity contribution in [1.29, 1.82) is 0 Å². The van der Waals surface area contributed by atoms with Crippen molar-refractivity contribution in [2.45, 2.75) is 6.42 Å². The Hall–Kier alpha value is -2.82. The molecule has 0 spiro atoms. The highest BCUT2D eigenvalue weighted by Gasteiger charge is 2.20. The predicted molar refractivity (Wildman–Crippen MR) is 81.4 cm³/mol. The van der Waals surface area contributed by atoms with Gasteiger partial charge in [-0.25, -0.2) is 4.79 Å². The minimum Gasteiger partial charge on any atom is -0.497 e. The number of nitrogens with zero attached hydrogens (tertiary/aromatic N) is 1. The zero-order valence-corrected chi connectivity index (χ0v) is 12.1. The first-order valence-corrected chi connectivity index (χ1v) is 6.85. The van der Waals surface area contributed by atoms with E-state index in [-0.39, 0.29) is 0 Å². The SMILES string of the molecule is COc1ccc(OCC2=Cc3nccc(C(=O)O)c3C2)cc1. The van der Waals surface area contributed by atoms with E-state index in [2.05, 4.69) is 4.98 Å². The van der Waals surface area contributed by atoms with Crippen molar-refractivity contribution in [1.82, 2.24) is 4.98 Å². The van der Waals surface area contributed by atoms with E-state index < -0.39 is 5.97 Å². The molecule has 0 fully saturated rings. The molecule has 0 amide bonds. The molecule has 1 aromatic carbocycles. The lowest BCUT2D eigenvalue weighted by atomic mass is 10.1. The number of ether oxygens (including phenoxy) is 2. The van der Waals surface area contributed by atoms with E-state index in [1.807, 2.05) is 30.3 Å². The molecule has 0 saturated heterocycles. The van der Waals surface area contributed by atoms with Crippen molar-refractivity contribution < 1.29 is 19.4 Å². The number of pyridine rings is 1. The number of aromatic nitrogens is 1. The third-order valence-electron chi connectivity index (χ3n) is 3.55. The molecule has 5 nitrogen and oxygen atoms in total. The Balaban J connectivity index is 1.68. The highest BCUT2D eigenvalue weighted by Crippen LogP contribution is 2.27. The zero-order chi connectivity index (χ0) is 15.5. The largest absolute Gasteiger partial charge is 0.497 e. The van der Waals surface area contributed by atoms with Crippen LogP contribution in [0.25, 0.3) is 6.08 Å². The zero-order valence-electron chi connectivity index (χ0n) is 12.1. The molecule has 0 radical (unpaired) electrons. The van der Waals surface area contributed by atoms with Gasteiger partial charge in [0.15, 0.2) is 0 Å². The summed E-state index contributed by atoms with van der Waals surface area (Å²) in [6.07, 6.45) is 3.97. The van der Waals surface area contributed by atoms with Crippen LogP contribution in [0.1, 0.15) is 21.6 Å². The number of fused-ring (bicyclic) bond motifs is 1. The van der Waals surface area contributed by atoms with Crippen LogP contribution in [0.15, 0.2) is 42.1 Å². The summed E-state index contributed by atoms with van der Waals surface area (Å²) < 4.78 is 10.8. The molecule has 1 heterocycles. The van der Waals surface area contributed by atoms with Gasteiger partial charge in [-0.3, -0.25) is 4.98 Å². The number of methoxy groups -OCH3 is 1. The molecule has 0 atom stereocenters. The van der Waals surface area contributed by atoms with E-state index in [1.165, 1.54) is 12.3 Å². The van der Waals surface area contributed by atoms with Crippen molar-refractivity contribution in [2.24, 2.45) is 0 Å². The Bertz CT molecular complexity index is 735. The standard InChI is InChI=1S/C17H15NO4/c1-21-12-2-4-13(5-3-12)22-10-11-8-15-14(17(19)20)6-7-18-16(15)9-11/h2-7,9H,8,10H2,1H3,(H,19,20). The van der Waals surface area contributed by atoms with Crippen LogP contribution in [-0.4, -0.2) is 29.8 Å². The molecule has 1 N–H and O–H groups in total. The second-order valence-corrected chi connectivity index (χ2v) is 4.97. The minimum absolute atomic E-state index is 0.306. The molecule has 2 aromatic rings.